The molecule has 1 fully saturated rings. The molecule has 2 aromatic heterocycles. The fourth-order valence-electron chi connectivity index (χ4n) is 3.94. The van der Waals surface area contributed by atoms with Crippen molar-refractivity contribution in [3.8, 4) is 5.75 Å². The smallest absolute Gasteiger partial charge is 0.419 e. The zero-order valence-corrected chi connectivity index (χ0v) is 19.1. The Hall–Kier alpha value is -3.80. The number of carbonyl (C=O) groups is 2. The van der Waals surface area contributed by atoms with E-state index in [4.69, 9.17) is 16.3 Å². The van der Waals surface area contributed by atoms with Crippen LogP contribution in [0.2, 0.25) is 5.15 Å². The van der Waals surface area contributed by atoms with E-state index < -0.39 is 65.1 Å². The summed E-state index contributed by atoms with van der Waals surface area (Å²) in [7, 11) is 1.19. The van der Waals surface area contributed by atoms with Crippen molar-refractivity contribution in [2.75, 3.05) is 18.6 Å². The highest BCUT2D eigenvalue weighted by Gasteiger charge is 2.48. The number of nitrogens with one attached hydrogen (secondary N) is 1. The molecule has 0 bridgehead atoms. The Kier molecular flexibility index (Phi) is 6.81. The van der Waals surface area contributed by atoms with Gasteiger partial charge >= 0.3 is 6.18 Å². The van der Waals surface area contributed by atoms with Crippen LogP contribution in [-0.2, 0) is 11.0 Å². The van der Waals surface area contributed by atoms with Gasteiger partial charge in [-0.1, -0.05) is 11.6 Å². The van der Waals surface area contributed by atoms with E-state index in [1.165, 1.54) is 19.2 Å². The van der Waals surface area contributed by atoms with E-state index in [0.717, 1.165) is 36.7 Å². The van der Waals surface area contributed by atoms with Crippen LogP contribution in [0.25, 0.3) is 0 Å². The van der Waals surface area contributed by atoms with Crippen molar-refractivity contribution in [2.24, 2.45) is 0 Å². The average Bonchev–Trinajstić information content (AvgIpc) is 3.14. The topological polar surface area (TPSA) is 84.4 Å². The Labute approximate surface area is 205 Å². The normalized spacial score (nSPS) is 17.9. The minimum absolute atomic E-state index is 0.0334. The maximum absolute atomic E-state index is 15.0. The van der Waals surface area contributed by atoms with Crippen LogP contribution in [0, 0.1) is 11.6 Å². The monoisotopic (exact) mass is 526 g/mol. The number of benzene rings is 1. The molecular weight excluding hydrogens is 511 g/mol. The molecule has 0 saturated carbocycles. The minimum Gasteiger partial charge on any atom is -0.497 e. The third kappa shape index (κ3) is 4.81. The zero-order chi connectivity index (χ0) is 26.2. The molecular formula is C23H16ClF5N4O3. The second-order valence-corrected chi connectivity index (χ2v) is 8.14. The van der Waals surface area contributed by atoms with Crippen molar-refractivity contribution < 1.29 is 36.3 Å². The molecule has 1 N–H and O–H groups in total. The summed E-state index contributed by atoms with van der Waals surface area (Å²) in [5, 5.41) is 2.45. The van der Waals surface area contributed by atoms with Gasteiger partial charge in [-0.2, -0.15) is 13.2 Å². The fourth-order valence-corrected chi connectivity index (χ4v) is 4.06. The summed E-state index contributed by atoms with van der Waals surface area (Å²) in [6.45, 7) is -0.594. The predicted molar refractivity (Wildman–Crippen MR) is 118 cm³/mol. The quantitative estimate of drug-likeness (QED) is 0.394. The van der Waals surface area contributed by atoms with Gasteiger partial charge < -0.3 is 10.1 Å². The predicted octanol–water partition coefficient (Wildman–Crippen LogP) is 4.36. The van der Waals surface area contributed by atoms with Gasteiger partial charge in [-0.15, -0.1) is 0 Å². The zero-order valence-electron chi connectivity index (χ0n) is 18.3. The lowest BCUT2D eigenvalue weighted by atomic mass is 9.92. The lowest BCUT2D eigenvalue weighted by Gasteiger charge is -2.20. The molecule has 3 aromatic rings. The number of nitrogens with zero attached hydrogens (tertiary/aromatic N) is 3. The van der Waals surface area contributed by atoms with Crippen molar-refractivity contribution in [1.29, 1.82) is 0 Å². The Morgan fingerprint density at radius 3 is 2.44 bits per heavy atom. The number of alkyl halides is 3. The molecule has 0 aliphatic carbocycles. The summed E-state index contributed by atoms with van der Waals surface area (Å²) in [6.07, 6.45) is -2.71. The van der Waals surface area contributed by atoms with E-state index in [-0.39, 0.29) is 16.5 Å². The highest BCUT2D eigenvalue weighted by Crippen LogP contribution is 2.40. The van der Waals surface area contributed by atoms with E-state index in [1.807, 2.05) is 0 Å². The Morgan fingerprint density at radius 1 is 1.17 bits per heavy atom. The number of carbonyl (C=O) groups excluding carboxylic acids is 2. The summed E-state index contributed by atoms with van der Waals surface area (Å²) in [5.74, 6) is -6.39. The molecule has 4 rings (SSSR count). The maximum atomic E-state index is 15.0. The van der Waals surface area contributed by atoms with Crippen molar-refractivity contribution in [1.82, 2.24) is 15.3 Å². The summed E-state index contributed by atoms with van der Waals surface area (Å²) in [5.41, 5.74) is -1.86. The van der Waals surface area contributed by atoms with Crippen LogP contribution in [-0.4, -0.2) is 41.5 Å². The van der Waals surface area contributed by atoms with Crippen LogP contribution >= 0.6 is 11.6 Å². The van der Waals surface area contributed by atoms with E-state index in [2.05, 4.69) is 15.3 Å². The van der Waals surface area contributed by atoms with Crippen LogP contribution < -0.4 is 15.0 Å². The number of anilines is 1. The second-order valence-electron chi connectivity index (χ2n) is 7.75. The summed E-state index contributed by atoms with van der Waals surface area (Å²) in [6, 6.07) is 4.48. The first-order chi connectivity index (χ1) is 17.0. The summed E-state index contributed by atoms with van der Waals surface area (Å²) >= 11 is 5.72. The molecule has 2 atom stereocenters. The number of rotatable bonds is 5. The van der Waals surface area contributed by atoms with Crippen molar-refractivity contribution in [2.45, 2.75) is 18.1 Å². The lowest BCUT2D eigenvalue weighted by molar-refractivity contribution is -0.137. The van der Waals surface area contributed by atoms with Crippen LogP contribution in [0.5, 0.6) is 5.75 Å². The van der Waals surface area contributed by atoms with Gasteiger partial charge in [0.05, 0.1) is 18.2 Å². The molecule has 1 aliphatic rings. The molecule has 7 nitrogen and oxygen atoms in total. The standard InChI is InChI=1S/C23H16ClF5N4O3/c1-36-12-7-15(25)18(16(26)8-12)13-10-33(20-14(23(27,28)29)3-2-6-30-20)22(35)19(13)32-21(34)11-4-5-17(24)31-9-11/h2-9,13,19H,10H2,1H3,(H,32,34)/t13-,19?/m0/s1. The number of ether oxygens (including phenoxy) is 1. The molecule has 0 radical (unpaired) electrons. The largest absolute Gasteiger partial charge is 0.497 e. The van der Waals surface area contributed by atoms with Crippen LogP contribution in [0.4, 0.5) is 27.8 Å². The number of hydrogen-bond acceptors (Lipinski definition) is 5. The Balaban J connectivity index is 1.79. The van der Waals surface area contributed by atoms with E-state index >= 15 is 0 Å². The summed E-state index contributed by atoms with van der Waals surface area (Å²) < 4.78 is 75.6. The molecule has 0 spiro atoms. The highest BCUT2D eigenvalue weighted by atomic mass is 35.5. The molecule has 36 heavy (non-hydrogen) atoms. The molecule has 2 amide bonds. The number of amides is 2. The van der Waals surface area contributed by atoms with Gasteiger partial charge in [0.1, 0.15) is 34.4 Å². The number of hydrogen-bond donors (Lipinski definition) is 1. The van der Waals surface area contributed by atoms with Crippen LogP contribution in [0.1, 0.15) is 27.4 Å². The van der Waals surface area contributed by atoms with Crippen LogP contribution in [0.3, 0.4) is 0 Å². The molecule has 1 unspecified atom stereocenters. The van der Waals surface area contributed by atoms with Gasteiger partial charge in [-0.05, 0) is 24.3 Å². The number of halogens is 6. The first-order valence-electron chi connectivity index (χ1n) is 10.3. The second kappa shape index (κ2) is 9.69. The van der Waals surface area contributed by atoms with Crippen molar-refractivity contribution in [3.05, 3.63) is 82.3 Å². The first kappa shape index (κ1) is 25.3. The van der Waals surface area contributed by atoms with Gasteiger partial charge in [0.2, 0.25) is 0 Å². The van der Waals surface area contributed by atoms with Gasteiger partial charge in [0.15, 0.2) is 0 Å². The molecule has 1 aromatic carbocycles. The van der Waals surface area contributed by atoms with E-state index in [9.17, 15) is 31.5 Å². The Bertz CT molecular complexity index is 1300. The highest BCUT2D eigenvalue weighted by molar-refractivity contribution is 6.29. The van der Waals surface area contributed by atoms with E-state index in [1.54, 1.807) is 0 Å². The number of pyridine rings is 2. The maximum Gasteiger partial charge on any atom is 0.419 e. The number of methoxy groups -OCH3 is 1. The van der Waals surface area contributed by atoms with Gasteiger partial charge in [0.25, 0.3) is 11.8 Å². The fraction of sp³-hybridized carbons (Fsp3) is 0.217. The van der Waals surface area contributed by atoms with Gasteiger partial charge in [-0.25, -0.2) is 18.7 Å². The average molecular weight is 527 g/mol. The third-order valence-corrected chi connectivity index (χ3v) is 5.82. The van der Waals surface area contributed by atoms with Gasteiger partial charge in [-0.3, -0.25) is 14.5 Å². The minimum atomic E-state index is -4.87. The molecule has 188 valence electrons. The van der Waals surface area contributed by atoms with Crippen molar-refractivity contribution >= 4 is 29.2 Å². The third-order valence-electron chi connectivity index (χ3n) is 5.60. The molecule has 1 aliphatic heterocycles. The SMILES string of the molecule is COc1cc(F)c([C@@H]2CN(c3ncccc3C(F)(F)F)C(=O)C2NC(=O)c2ccc(Cl)nc2)c(F)c1. The number of aromatic nitrogens is 2. The first-order valence-corrected chi connectivity index (χ1v) is 10.7. The lowest BCUT2D eigenvalue weighted by Crippen LogP contribution is -2.44. The van der Waals surface area contributed by atoms with E-state index in [0.29, 0.717) is 4.90 Å². The van der Waals surface area contributed by atoms with Crippen LogP contribution in [0.15, 0.2) is 48.8 Å². The molecule has 13 heteroatoms. The summed E-state index contributed by atoms with van der Waals surface area (Å²) in [4.78, 5) is 34.3. The molecule has 1 saturated heterocycles. The van der Waals surface area contributed by atoms with Crippen molar-refractivity contribution in [3.63, 3.8) is 0 Å². The Morgan fingerprint density at radius 2 is 1.86 bits per heavy atom. The molecule has 3 heterocycles. The van der Waals surface area contributed by atoms with Gasteiger partial charge in [0, 0.05) is 42.6 Å².